The lowest BCUT2D eigenvalue weighted by Crippen LogP contribution is -2.50. The van der Waals surface area contributed by atoms with Crippen LogP contribution in [0.3, 0.4) is 0 Å². The number of H-pyrrole nitrogens is 1. The number of nitrogens with zero attached hydrogens (tertiary/aromatic N) is 5. The average Bonchev–Trinajstić information content (AvgIpc) is 3.19. The Morgan fingerprint density at radius 3 is 2.64 bits per heavy atom. The van der Waals surface area contributed by atoms with Crippen molar-refractivity contribution < 1.29 is 4.79 Å². The fourth-order valence-electron chi connectivity index (χ4n) is 3.79. The smallest absolute Gasteiger partial charge is 0.263 e. The van der Waals surface area contributed by atoms with Crippen molar-refractivity contribution in [3.63, 3.8) is 0 Å². The number of anilines is 1. The quantitative estimate of drug-likeness (QED) is 0.851. The summed E-state index contributed by atoms with van der Waals surface area (Å²) in [7, 11) is 1.78. The van der Waals surface area contributed by atoms with E-state index in [0.717, 1.165) is 42.9 Å². The van der Waals surface area contributed by atoms with Crippen LogP contribution in [0, 0.1) is 0 Å². The Morgan fingerprint density at radius 2 is 1.92 bits per heavy atom. The number of hydrogen-bond acceptors (Lipinski definition) is 5. The summed E-state index contributed by atoms with van der Waals surface area (Å²) in [4.78, 5) is 33.5. The van der Waals surface area contributed by atoms with E-state index < -0.39 is 0 Å². The summed E-state index contributed by atoms with van der Waals surface area (Å²) in [6.07, 6.45) is 5.57. The lowest BCUT2D eigenvalue weighted by molar-refractivity contribution is 0.0743. The summed E-state index contributed by atoms with van der Waals surface area (Å²) >= 11 is 0. The van der Waals surface area contributed by atoms with Crippen LogP contribution in [0.25, 0.3) is 0 Å². The number of piperazine rings is 1. The van der Waals surface area contributed by atoms with Crippen molar-refractivity contribution in [3.05, 3.63) is 39.6 Å². The minimum absolute atomic E-state index is 0.161. The Labute approximate surface area is 145 Å². The van der Waals surface area contributed by atoms with Gasteiger partial charge in [-0.2, -0.15) is 10.1 Å². The van der Waals surface area contributed by atoms with Crippen molar-refractivity contribution >= 4 is 11.9 Å². The van der Waals surface area contributed by atoms with Crippen molar-refractivity contribution in [2.75, 3.05) is 31.1 Å². The molecule has 3 heterocycles. The molecule has 8 heteroatoms. The maximum Gasteiger partial charge on any atom is 0.263 e. The number of amides is 1. The number of nitrogens with one attached hydrogen (secondary N) is 1. The van der Waals surface area contributed by atoms with E-state index in [4.69, 9.17) is 0 Å². The Hall–Kier alpha value is -2.64. The molecular formula is C17H22N6O2. The molecule has 0 radical (unpaired) electrons. The fourth-order valence-corrected chi connectivity index (χ4v) is 3.79. The number of aromatic nitrogens is 4. The highest BCUT2D eigenvalue weighted by molar-refractivity contribution is 5.94. The van der Waals surface area contributed by atoms with Crippen LogP contribution in [-0.4, -0.2) is 56.7 Å². The molecule has 0 spiro atoms. The number of fused-ring (bicyclic) bond motifs is 1. The standard InChI is InChI=1S/C17H22N6O2/c1-21-14-5-3-2-4-12(14)10-13(15(21)24)16(25)22-6-8-23(9-7-22)17-18-11-19-20-17/h10-11H,2-9H2,1H3,(H,18,19,20). The van der Waals surface area contributed by atoms with E-state index in [1.807, 2.05) is 6.07 Å². The van der Waals surface area contributed by atoms with Crippen molar-refractivity contribution in [3.8, 4) is 0 Å². The maximum absolute atomic E-state index is 12.9. The van der Waals surface area contributed by atoms with Crippen molar-refractivity contribution in [2.45, 2.75) is 25.7 Å². The van der Waals surface area contributed by atoms with Gasteiger partial charge in [-0.1, -0.05) is 0 Å². The highest BCUT2D eigenvalue weighted by Gasteiger charge is 2.27. The predicted octanol–water partition coefficient (Wildman–Crippen LogP) is 0.345. The third-order valence-electron chi connectivity index (χ3n) is 5.24. The minimum Gasteiger partial charge on any atom is -0.338 e. The Kier molecular flexibility index (Phi) is 4.03. The van der Waals surface area contributed by atoms with Crippen LogP contribution in [0.15, 0.2) is 17.2 Å². The van der Waals surface area contributed by atoms with Crippen LogP contribution in [0.5, 0.6) is 0 Å². The summed E-state index contributed by atoms with van der Waals surface area (Å²) in [5.41, 5.74) is 2.36. The number of aromatic amines is 1. The van der Waals surface area contributed by atoms with Crippen LogP contribution < -0.4 is 10.5 Å². The van der Waals surface area contributed by atoms with Gasteiger partial charge >= 0.3 is 0 Å². The number of carbonyl (C=O) groups is 1. The minimum atomic E-state index is -0.177. The van der Waals surface area contributed by atoms with Crippen molar-refractivity contribution in [2.24, 2.45) is 7.05 Å². The van der Waals surface area contributed by atoms with E-state index in [9.17, 15) is 9.59 Å². The molecule has 0 saturated carbocycles. The molecule has 0 bridgehead atoms. The molecule has 1 amide bonds. The van der Waals surface area contributed by atoms with E-state index >= 15 is 0 Å². The molecule has 1 aliphatic carbocycles. The van der Waals surface area contributed by atoms with Crippen LogP contribution in [0.4, 0.5) is 5.95 Å². The van der Waals surface area contributed by atoms with Gasteiger partial charge in [-0.15, -0.1) is 0 Å². The molecule has 1 fully saturated rings. The maximum atomic E-state index is 12.9. The molecular weight excluding hydrogens is 320 g/mol. The molecule has 2 aromatic rings. The summed E-state index contributed by atoms with van der Waals surface area (Å²) in [6, 6.07) is 1.84. The van der Waals surface area contributed by atoms with Gasteiger partial charge in [0.2, 0.25) is 5.95 Å². The highest BCUT2D eigenvalue weighted by Crippen LogP contribution is 2.21. The second-order valence-electron chi connectivity index (χ2n) is 6.69. The van der Waals surface area contributed by atoms with Gasteiger partial charge in [0, 0.05) is 38.9 Å². The molecule has 4 rings (SSSR count). The van der Waals surface area contributed by atoms with Gasteiger partial charge in [0.1, 0.15) is 11.9 Å². The molecule has 8 nitrogen and oxygen atoms in total. The SMILES string of the molecule is Cn1c2c(cc(C(=O)N3CCN(c4ncn[nH]4)CC3)c1=O)CCCC2. The lowest BCUT2D eigenvalue weighted by atomic mass is 9.94. The van der Waals surface area contributed by atoms with Gasteiger partial charge in [-0.25, -0.2) is 5.10 Å². The highest BCUT2D eigenvalue weighted by atomic mass is 16.2. The second-order valence-corrected chi connectivity index (χ2v) is 6.69. The molecule has 0 unspecified atom stereocenters. The number of carbonyl (C=O) groups excluding carboxylic acids is 1. The van der Waals surface area contributed by atoms with E-state index in [1.165, 1.54) is 6.33 Å². The molecule has 2 aliphatic rings. The number of pyridine rings is 1. The van der Waals surface area contributed by atoms with E-state index in [1.54, 1.807) is 16.5 Å². The Balaban J connectivity index is 1.54. The predicted molar refractivity (Wildman–Crippen MR) is 92.8 cm³/mol. The van der Waals surface area contributed by atoms with Gasteiger partial charge in [-0.3, -0.25) is 9.59 Å². The third-order valence-corrected chi connectivity index (χ3v) is 5.24. The molecule has 1 N–H and O–H groups in total. The van der Waals surface area contributed by atoms with E-state index in [-0.39, 0.29) is 11.5 Å². The molecule has 0 aromatic carbocycles. The van der Waals surface area contributed by atoms with Gasteiger partial charge in [0.15, 0.2) is 0 Å². The molecule has 1 aliphatic heterocycles. The van der Waals surface area contributed by atoms with Gasteiger partial charge in [0.05, 0.1) is 0 Å². The Morgan fingerprint density at radius 1 is 1.16 bits per heavy atom. The van der Waals surface area contributed by atoms with E-state index in [0.29, 0.717) is 31.7 Å². The molecule has 0 atom stereocenters. The molecule has 132 valence electrons. The van der Waals surface area contributed by atoms with E-state index in [2.05, 4.69) is 20.1 Å². The van der Waals surface area contributed by atoms with Crippen molar-refractivity contribution in [1.82, 2.24) is 24.6 Å². The van der Waals surface area contributed by atoms with Crippen molar-refractivity contribution in [1.29, 1.82) is 0 Å². The molecule has 2 aromatic heterocycles. The number of hydrogen-bond donors (Lipinski definition) is 1. The third kappa shape index (κ3) is 2.81. The zero-order valence-corrected chi connectivity index (χ0v) is 14.4. The molecule has 1 saturated heterocycles. The summed E-state index contributed by atoms with van der Waals surface area (Å²) in [5, 5.41) is 6.70. The zero-order valence-electron chi connectivity index (χ0n) is 14.4. The monoisotopic (exact) mass is 342 g/mol. The lowest BCUT2D eigenvalue weighted by Gasteiger charge is -2.34. The average molecular weight is 342 g/mol. The Bertz CT molecular complexity index is 834. The number of rotatable bonds is 2. The first kappa shape index (κ1) is 15.9. The van der Waals surface area contributed by atoms with Crippen LogP contribution in [0.2, 0.25) is 0 Å². The largest absolute Gasteiger partial charge is 0.338 e. The normalized spacial score (nSPS) is 17.5. The first-order chi connectivity index (χ1) is 12.1. The summed E-state index contributed by atoms with van der Waals surface area (Å²) in [5.74, 6) is 0.558. The van der Waals surface area contributed by atoms with Gasteiger partial charge in [-0.05, 0) is 37.3 Å². The summed E-state index contributed by atoms with van der Waals surface area (Å²) in [6.45, 7) is 2.48. The second kappa shape index (κ2) is 6.34. The van der Waals surface area contributed by atoms with Crippen LogP contribution >= 0.6 is 0 Å². The topological polar surface area (TPSA) is 87.1 Å². The molecule has 25 heavy (non-hydrogen) atoms. The van der Waals surface area contributed by atoms with Crippen LogP contribution in [0.1, 0.15) is 34.5 Å². The fraction of sp³-hybridized carbons (Fsp3) is 0.529. The summed E-state index contributed by atoms with van der Waals surface area (Å²) < 4.78 is 1.67. The van der Waals surface area contributed by atoms with Gasteiger partial charge in [0.25, 0.3) is 11.5 Å². The zero-order chi connectivity index (χ0) is 17.4. The first-order valence-corrected chi connectivity index (χ1v) is 8.76. The van der Waals surface area contributed by atoms with Gasteiger partial charge < -0.3 is 14.4 Å². The first-order valence-electron chi connectivity index (χ1n) is 8.76. The number of aryl methyl sites for hydroxylation is 1. The van der Waals surface area contributed by atoms with Crippen LogP contribution in [-0.2, 0) is 19.9 Å².